The number of amides is 1. The van der Waals surface area contributed by atoms with Crippen LogP contribution in [0.4, 0.5) is 5.69 Å². The molecular weight excluding hydrogens is 326 g/mol. The molecule has 6 nitrogen and oxygen atoms in total. The van der Waals surface area contributed by atoms with Crippen LogP contribution in [0.5, 0.6) is 0 Å². The van der Waals surface area contributed by atoms with Crippen molar-refractivity contribution in [3.8, 4) is 0 Å². The van der Waals surface area contributed by atoms with Gasteiger partial charge in [-0.15, -0.1) is 0 Å². The van der Waals surface area contributed by atoms with E-state index in [4.69, 9.17) is 0 Å². The van der Waals surface area contributed by atoms with Crippen molar-refractivity contribution in [2.75, 3.05) is 0 Å². The second-order valence-corrected chi connectivity index (χ2v) is 6.06. The first kappa shape index (κ1) is 15.8. The minimum absolute atomic E-state index is 0.0118. The van der Waals surface area contributed by atoms with Gasteiger partial charge in [0.1, 0.15) is 0 Å². The Hall–Kier alpha value is -3.06. The Morgan fingerprint density at radius 3 is 2.71 bits per heavy atom. The van der Waals surface area contributed by atoms with E-state index in [0.29, 0.717) is 10.3 Å². The topological polar surface area (TPSA) is 77.5 Å². The van der Waals surface area contributed by atoms with Gasteiger partial charge < -0.3 is 4.57 Å². The van der Waals surface area contributed by atoms with E-state index in [0.717, 1.165) is 10.3 Å². The van der Waals surface area contributed by atoms with E-state index in [1.54, 1.807) is 23.8 Å². The second kappa shape index (κ2) is 6.59. The van der Waals surface area contributed by atoms with Crippen molar-refractivity contribution in [3.05, 3.63) is 75.1 Å². The van der Waals surface area contributed by atoms with Crippen LogP contribution in [0.15, 0.2) is 59.6 Å². The number of thiazole rings is 1. The molecule has 1 aromatic heterocycles. The molecule has 0 N–H and O–H groups in total. The molecule has 0 aliphatic heterocycles. The van der Waals surface area contributed by atoms with Crippen molar-refractivity contribution in [1.82, 2.24) is 4.57 Å². The minimum Gasteiger partial charge on any atom is -0.319 e. The van der Waals surface area contributed by atoms with Crippen LogP contribution in [0.25, 0.3) is 16.3 Å². The number of rotatable bonds is 3. The third-order valence-electron chi connectivity index (χ3n) is 3.43. The van der Waals surface area contributed by atoms with Gasteiger partial charge in [-0.1, -0.05) is 41.7 Å². The third-order valence-corrected chi connectivity index (χ3v) is 4.54. The molecule has 3 aromatic rings. The molecule has 0 aliphatic rings. The number of nitrogens with zero attached hydrogens (tertiary/aromatic N) is 3. The molecule has 0 unspecified atom stereocenters. The molecule has 0 spiro atoms. The predicted molar refractivity (Wildman–Crippen MR) is 93.5 cm³/mol. The molecule has 0 bridgehead atoms. The average Bonchev–Trinajstić information content (AvgIpc) is 2.89. The number of aromatic nitrogens is 1. The third kappa shape index (κ3) is 3.31. The number of aryl methyl sites for hydroxylation is 1. The number of non-ortho nitro benzene ring substituents is 1. The molecule has 1 heterocycles. The summed E-state index contributed by atoms with van der Waals surface area (Å²) < 4.78 is 2.52. The number of carbonyl (C=O) groups is 1. The number of hydrogen-bond acceptors (Lipinski definition) is 4. The zero-order valence-corrected chi connectivity index (χ0v) is 13.6. The number of fused-ring (bicyclic) bond motifs is 1. The van der Waals surface area contributed by atoms with Gasteiger partial charge in [0.15, 0.2) is 4.80 Å². The molecule has 0 aliphatic carbocycles. The van der Waals surface area contributed by atoms with Crippen LogP contribution < -0.4 is 4.80 Å². The Morgan fingerprint density at radius 2 is 2.00 bits per heavy atom. The Balaban J connectivity index is 1.95. The molecule has 0 fully saturated rings. The minimum atomic E-state index is -0.443. The average molecular weight is 339 g/mol. The first-order valence-electron chi connectivity index (χ1n) is 7.10. The first-order chi connectivity index (χ1) is 11.5. The molecule has 0 radical (unpaired) electrons. The maximum Gasteiger partial charge on any atom is 0.272 e. The van der Waals surface area contributed by atoms with Crippen molar-refractivity contribution in [2.24, 2.45) is 12.0 Å². The molecule has 1 amide bonds. The SMILES string of the molecule is Cn1c(=NC(=O)C=Cc2ccccc2)sc2ccc([N+](=O)[O-])cc21. The molecule has 120 valence electrons. The fraction of sp³-hybridized carbons (Fsp3) is 0.0588. The van der Waals surface area contributed by atoms with E-state index in [2.05, 4.69) is 4.99 Å². The van der Waals surface area contributed by atoms with Gasteiger partial charge in [0.05, 0.1) is 15.1 Å². The Bertz CT molecular complexity index is 1020. The van der Waals surface area contributed by atoms with Gasteiger partial charge in [0, 0.05) is 25.3 Å². The van der Waals surface area contributed by atoms with E-state index in [-0.39, 0.29) is 11.6 Å². The van der Waals surface area contributed by atoms with Gasteiger partial charge in [-0.3, -0.25) is 14.9 Å². The van der Waals surface area contributed by atoms with Crippen LogP contribution in [0.3, 0.4) is 0 Å². The molecule has 0 atom stereocenters. The monoisotopic (exact) mass is 339 g/mol. The van der Waals surface area contributed by atoms with Crippen molar-refractivity contribution >= 4 is 39.2 Å². The van der Waals surface area contributed by atoms with Gasteiger partial charge in [-0.05, 0) is 17.7 Å². The number of carbonyl (C=O) groups excluding carboxylic acids is 1. The molecule has 24 heavy (non-hydrogen) atoms. The lowest BCUT2D eigenvalue weighted by Crippen LogP contribution is -2.12. The van der Waals surface area contributed by atoms with E-state index in [9.17, 15) is 14.9 Å². The molecule has 7 heteroatoms. The van der Waals surface area contributed by atoms with Gasteiger partial charge >= 0.3 is 0 Å². The van der Waals surface area contributed by atoms with Crippen molar-refractivity contribution in [2.45, 2.75) is 0 Å². The highest BCUT2D eigenvalue weighted by molar-refractivity contribution is 7.16. The maximum atomic E-state index is 12.0. The number of nitro benzene ring substituents is 1. The Morgan fingerprint density at radius 1 is 1.25 bits per heavy atom. The van der Waals surface area contributed by atoms with Gasteiger partial charge in [-0.25, -0.2) is 0 Å². The highest BCUT2D eigenvalue weighted by Gasteiger charge is 2.10. The largest absolute Gasteiger partial charge is 0.319 e. The summed E-state index contributed by atoms with van der Waals surface area (Å²) in [6.07, 6.45) is 3.10. The first-order valence-corrected chi connectivity index (χ1v) is 7.92. The number of hydrogen-bond donors (Lipinski definition) is 0. The lowest BCUT2D eigenvalue weighted by atomic mass is 10.2. The van der Waals surface area contributed by atoms with Crippen LogP contribution in [-0.4, -0.2) is 15.4 Å². The van der Waals surface area contributed by atoms with Crippen LogP contribution in [0.1, 0.15) is 5.56 Å². The molecule has 3 rings (SSSR count). The van der Waals surface area contributed by atoms with Crippen LogP contribution in [0.2, 0.25) is 0 Å². The van der Waals surface area contributed by atoms with Gasteiger partial charge in [0.25, 0.3) is 11.6 Å². The molecule has 2 aromatic carbocycles. The van der Waals surface area contributed by atoms with Crippen LogP contribution >= 0.6 is 11.3 Å². The fourth-order valence-corrected chi connectivity index (χ4v) is 3.20. The fourth-order valence-electron chi connectivity index (χ4n) is 2.20. The zero-order chi connectivity index (χ0) is 17.1. The van der Waals surface area contributed by atoms with E-state index < -0.39 is 4.92 Å². The highest BCUT2D eigenvalue weighted by atomic mass is 32.1. The molecule has 0 saturated heterocycles. The Labute approximate surface area is 141 Å². The normalized spacial score (nSPS) is 12.1. The summed E-state index contributed by atoms with van der Waals surface area (Å²) in [6, 6.07) is 14.1. The lowest BCUT2D eigenvalue weighted by Gasteiger charge is -1.95. The number of nitro groups is 1. The summed E-state index contributed by atoms with van der Waals surface area (Å²) in [6.45, 7) is 0. The summed E-state index contributed by atoms with van der Waals surface area (Å²) in [4.78, 5) is 27.0. The standard InChI is InChI=1S/C17H13N3O3S/c1-19-14-11-13(20(22)23)8-9-15(14)24-17(19)18-16(21)10-7-12-5-3-2-4-6-12/h2-11H,1H3. The lowest BCUT2D eigenvalue weighted by molar-refractivity contribution is -0.384. The van der Waals surface area contributed by atoms with Crippen molar-refractivity contribution < 1.29 is 9.72 Å². The summed E-state index contributed by atoms with van der Waals surface area (Å²) >= 11 is 1.31. The zero-order valence-electron chi connectivity index (χ0n) is 12.7. The van der Waals surface area contributed by atoms with E-state index in [1.807, 2.05) is 30.3 Å². The summed E-state index contributed by atoms with van der Waals surface area (Å²) in [5.41, 5.74) is 1.60. The number of benzene rings is 2. The van der Waals surface area contributed by atoms with Crippen molar-refractivity contribution in [3.63, 3.8) is 0 Å². The van der Waals surface area contributed by atoms with Gasteiger partial charge in [0.2, 0.25) is 0 Å². The van der Waals surface area contributed by atoms with Crippen LogP contribution in [-0.2, 0) is 11.8 Å². The highest BCUT2D eigenvalue weighted by Crippen LogP contribution is 2.22. The van der Waals surface area contributed by atoms with E-state index in [1.165, 1.54) is 29.5 Å². The summed E-state index contributed by atoms with van der Waals surface area (Å²) in [5, 5.41) is 10.9. The second-order valence-electron chi connectivity index (χ2n) is 5.05. The van der Waals surface area contributed by atoms with Crippen molar-refractivity contribution in [1.29, 1.82) is 0 Å². The van der Waals surface area contributed by atoms with E-state index >= 15 is 0 Å². The quantitative estimate of drug-likeness (QED) is 0.417. The molecular formula is C17H13N3O3S. The van der Waals surface area contributed by atoms with Gasteiger partial charge in [-0.2, -0.15) is 4.99 Å². The maximum absolute atomic E-state index is 12.0. The predicted octanol–water partition coefficient (Wildman–Crippen LogP) is 3.29. The Kier molecular flexibility index (Phi) is 4.35. The van der Waals surface area contributed by atoms with Crippen LogP contribution in [0, 0.1) is 10.1 Å². The summed E-state index contributed by atoms with van der Waals surface area (Å²) in [7, 11) is 1.73. The summed E-state index contributed by atoms with van der Waals surface area (Å²) in [5.74, 6) is -0.379. The molecule has 0 saturated carbocycles. The smallest absolute Gasteiger partial charge is 0.272 e.